The Kier molecular flexibility index (Phi) is 3.89. The number of aryl methyl sites for hydroxylation is 1. The first-order chi connectivity index (χ1) is 8.09. The SMILES string of the molecule is Cc1occc1CN(C)CC1(N)CCCCC1. The fraction of sp³-hybridized carbons (Fsp3) is 0.714. The second-order valence-corrected chi connectivity index (χ2v) is 5.60. The van der Waals surface area contributed by atoms with E-state index in [-0.39, 0.29) is 5.54 Å². The summed E-state index contributed by atoms with van der Waals surface area (Å²) in [6, 6.07) is 2.05. The number of rotatable bonds is 4. The lowest BCUT2D eigenvalue weighted by molar-refractivity contribution is 0.192. The van der Waals surface area contributed by atoms with Gasteiger partial charge in [-0.1, -0.05) is 19.3 Å². The first-order valence-electron chi connectivity index (χ1n) is 6.59. The molecule has 0 saturated heterocycles. The topological polar surface area (TPSA) is 42.4 Å². The maximum absolute atomic E-state index is 6.46. The molecule has 0 spiro atoms. The third-order valence-corrected chi connectivity index (χ3v) is 3.84. The molecular weight excluding hydrogens is 212 g/mol. The van der Waals surface area contributed by atoms with E-state index in [0.29, 0.717) is 0 Å². The minimum atomic E-state index is 0.0324. The van der Waals surface area contributed by atoms with E-state index in [0.717, 1.165) is 18.8 Å². The van der Waals surface area contributed by atoms with Crippen molar-refractivity contribution in [2.24, 2.45) is 5.73 Å². The summed E-state index contributed by atoms with van der Waals surface area (Å²) in [6.07, 6.45) is 8.02. The van der Waals surface area contributed by atoms with Crippen molar-refractivity contribution in [2.45, 2.75) is 51.1 Å². The lowest BCUT2D eigenvalue weighted by atomic mass is 9.82. The van der Waals surface area contributed by atoms with Crippen LogP contribution in [0.3, 0.4) is 0 Å². The van der Waals surface area contributed by atoms with Crippen molar-refractivity contribution in [3.05, 3.63) is 23.7 Å². The molecule has 0 radical (unpaired) electrons. The fourth-order valence-corrected chi connectivity index (χ4v) is 2.87. The van der Waals surface area contributed by atoms with Gasteiger partial charge in [-0.15, -0.1) is 0 Å². The van der Waals surface area contributed by atoms with Crippen LogP contribution in [0.4, 0.5) is 0 Å². The first kappa shape index (κ1) is 12.7. The molecule has 96 valence electrons. The number of nitrogens with zero attached hydrogens (tertiary/aromatic N) is 1. The molecule has 0 atom stereocenters. The molecule has 1 heterocycles. The van der Waals surface area contributed by atoms with E-state index in [9.17, 15) is 0 Å². The molecule has 0 amide bonds. The van der Waals surface area contributed by atoms with Crippen LogP contribution in [0.2, 0.25) is 0 Å². The quantitative estimate of drug-likeness (QED) is 0.874. The van der Waals surface area contributed by atoms with Gasteiger partial charge >= 0.3 is 0 Å². The normalized spacial score (nSPS) is 19.8. The van der Waals surface area contributed by atoms with Crippen LogP contribution in [0.5, 0.6) is 0 Å². The molecule has 1 aliphatic rings. The zero-order valence-corrected chi connectivity index (χ0v) is 11.0. The van der Waals surface area contributed by atoms with Crippen LogP contribution in [0.15, 0.2) is 16.7 Å². The molecule has 3 heteroatoms. The molecular formula is C14H24N2O. The Hall–Kier alpha value is -0.800. The Balaban J connectivity index is 1.88. The summed E-state index contributed by atoms with van der Waals surface area (Å²) in [7, 11) is 2.15. The number of hydrogen-bond acceptors (Lipinski definition) is 3. The molecule has 1 aromatic heterocycles. The lowest BCUT2D eigenvalue weighted by Crippen LogP contribution is -2.50. The number of likely N-dealkylation sites (N-methyl/N-ethyl adjacent to an activating group) is 1. The largest absolute Gasteiger partial charge is 0.469 e. The molecule has 0 aliphatic heterocycles. The van der Waals surface area contributed by atoms with E-state index in [1.54, 1.807) is 6.26 Å². The minimum Gasteiger partial charge on any atom is -0.469 e. The van der Waals surface area contributed by atoms with Crippen molar-refractivity contribution in [1.29, 1.82) is 0 Å². The molecule has 17 heavy (non-hydrogen) atoms. The summed E-state index contributed by atoms with van der Waals surface area (Å²) in [4.78, 5) is 2.32. The van der Waals surface area contributed by atoms with Crippen LogP contribution in [0, 0.1) is 6.92 Å². The van der Waals surface area contributed by atoms with Gasteiger partial charge < -0.3 is 15.1 Å². The fourth-order valence-electron chi connectivity index (χ4n) is 2.87. The molecule has 0 unspecified atom stereocenters. The van der Waals surface area contributed by atoms with Gasteiger partial charge in [-0.25, -0.2) is 0 Å². The first-order valence-corrected chi connectivity index (χ1v) is 6.59. The molecule has 3 nitrogen and oxygen atoms in total. The van der Waals surface area contributed by atoms with E-state index in [1.807, 2.05) is 6.92 Å². The van der Waals surface area contributed by atoms with Crippen LogP contribution < -0.4 is 5.73 Å². The summed E-state index contributed by atoms with van der Waals surface area (Å²) in [5.41, 5.74) is 7.76. The lowest BCUT2D eigenvalue weighted by Gasteiger charge is -2.36. The maximum atomic E-state index is 6.46. The highest BCUT2D eigenvalue weighted by Crippen LogP contribution is 2.27. The zero-order valence-electron chi connectivity index (χ0n) is 11.0. The Labute approximate surface area is 104 Å². The highest BCUT2D eigenvalue weighted by Gasteiger charge is 2.28. The number of hydrogen-bond donors (Lipinski definition) is 1. The summed E-state index contributed by atoms with van der Waals surface area (Å²) in [5, 5.41) is 0. The number of furan rings is 1. The average Bonchev–Trinajstić information content (AvgIpc) is 2.64. The van der Waals surface area contributed by atoms with Crippen LogP contribution in [0.25, 0.3) is 0 Å². The van der Waals surface area contributed by atoms with Gasteiger partial charge in [0.2, 0.25) is 0 Å². The highest BCUT2D eigenvalue weighted by atomic mass is 16.3. The van der Waals surface area contributed by atoms with Gasteiger partial charge in [-0.2, -0.15) is 0 Å². The van der Waals surface area contributed by atoms with Gasteiger partial charge in [0.1, 0.15) is 5.76 Å². The predicted molar refractivity (Wildman–Crippen MR) is 69.8 cm³/mol. The highest BCUT2D eigenvalue weighted by molar-refractivity contribution is 5.15. The van der Waals surface area contributed by atoms with Crippen molar-refractivity contribution in [2.75, 3.05) is 13.6 Å². The van der Waals surface area contributed by atoms with E-state index < -0.39 is 0 Å². The molecule has 0 bridgehead atoms. The monoisotopic (exact) mass is 236 g/mol. The zero-order chi connectivity index (χ0) is 12.3. The third kappa shape index (κ3) is 3.33. The maximum Gasteiger partial charge on any atom is 0.105 e. The van der Waals surface area contributed by atoms with E-state index in [2.05, 4.69) is 18.0 Å². The molecule has 1 fully saturated rings. The molecule has 1 aromatic rings. The van der Waals surface area contributed by atoms with Crippen LogP contribution in [-0.4, -0.2) is 24.0 Å². The minimum absolute atomic E-state index is 0.0324. The standard InChI is InChI=1S/C14H24N2O/c1-12-13(6-9-17-12)10-16(2)11-14(15)7-4-3-5-8-14/h6,9H,3-5,7-8,10-11,15H2,1-2H3. The van der Waals surface area contributed by atoms with Crippen molar-refractivity contribution in [3.63, 3.8) is 0 Å². The average molecular weight is 236 g/mol. The van der Waals surface area contributed by atoms with Gasteiger partial charge in [0, 0.05) is 24.2 Å². The second-order valence-electron chi connectivity index (χ2n) is 5.60. The summed E-state index contributed by atoms with van der Waals surface area (Å²) >= 11 is 0. The molecule has 2 N–H and O–H groups in total. The second kappa shape index (κ2) is 5.23. The van der Waals surface area contributed by atoms with Gasteiger partial charge in [0.15, 0.2) is 0 Å². The van der Waals surface area contributed by atoms with Gasteiger partial charge in [0.25, 0.3) is 0 Å². The van der Waals surface area contributed by atoms with E-state index in [1.165, 1.54) is 37.7 Å². The van der Waals surface area contributed by atoms with Crippen molar-refractivity contribution in [3.8, 4) is 0 Å². The van der Waals surface area contributed by atoms with E-state index in [4.69, 9.17) is 10.2 Å². The molecule has 0 aromatic carbocycles. The van der Waals surface area contributed by atoms with Crippen LogP contribution in [-0.2, 0) is 6.54 Å². The Morgan fingerprint density at radius 2 is 2.06 bits per heavy atom. The molecule has 1 aliphatic carbocycles. The van der Waals surface area contributed by atoms with E-state index >= 15 is 0 Å². The smallest absolute Gasteiger partial charge is 0.105 e. The van der Waals surface area contributed by atoms with Crippen molar-refractivity contribution in [1.82, 2.24) is 4.90 Å². The Morgan fingerprint density at radius 1 is 1.35 bits per heavy atom. The van der Waals surface area contributed by atoms with Crippen LogP contribution >= 0.6 is 0 Å². The Bertz CT molecular complexity index is 353. The van der Waals surface area contributed by atoms with Crippen molar-refractivity contribution < 1.29 is 4.42 Å². The van der Waals surface area contributed by atoms with Gasteiger partial charge in [-0.05, 0) is 32.9 Å². The summed E-state index contributed by atoms with van der Waals surface area (Å²) in [6.45, 7) is 3.93. The van der Waals surface area contributed by atoms with Crippen LogP contribution in [0.1, 0.15) is 43.4 Å². The summed E-state index contributed by atoms with van der Waals surface area (Å²) < 4.78 is 5.32. The number of nitrogens with two attached hydrogens (primary N) is 1. The summed E-state index contributed by atoms with van der Waals surface area (Å²) in [5.74, 6) is 1.02. The Morgan fingerprint density at radius 3 is 2.65 bits per heavy atom. The molecule has 2 rings (SSSR count). The van der Waals surface area contributed by atoms with Gasteiger partial charge in [-0.3, -0.25) is 0 Å². The predicted octanol–water partition coefficient (Wildman–Crippen LogP) is 2.68. The molecule has 1 saturated carbocycles. The van der Waals surface area contributed by atoms with Gasteiger partial charge in [0.05, 0.1) is 6.26 Å². The third-order valence-electron chi connectivity index (χ3n) is 3.84. The van der Waals surface area contributed by atoms with Crippen molar-refractivity contribution >= 4 is 0 Å².